The Hall–Kier alpha value is -0.860. The van der Waals surface area contributed by atoms with Crippen LogP contribution in [0.2, 0.25) is 0 Å². The van der Waals surface area contributed by atoms with Crippen LogP contribution in [-0.4, -0.2) is 9.91 Å². The van der Waals surface area contributed by atoms with Gasteiger partial charge in [0.1, 0.15) is 11.9 Å². The summed E-state index contributed by atoms with van der Waals surface area (Å²) in [6, 6.07) is 0. The highest BCUT2D eigenvalue weighted by Crippen LogP contribution is 2.29. The number of hydrogen-bond donors (Lipinski definition) is 0. The standard InChI is InChI=1S/C7H5F2IN2O2/c1-3-4(12(13)14)2-11-6(5(3)10)7(8)9/h2,7H,1H3. The second kappa shape index (κ2) is 4.11. The second-order valence-electron chi connectivity index (χ2n) is 2.53. The Labute approximate surface area is 91.6 Å². The monoisotopic (exact) mass is 314 g/mol. The van der Waals surface area contributed by atoms with Crippen LogP contribution >= 0.6 is 22.6 Å². The van der Waals surface area contributed by atoms with Crippen molar-refractivity contribution in [3.63, 3.8) is 0 Å². The summed E-state index contributed by atoms with van der Waals surface area (Å²) in [5.74, 6) is 0. The molecule has 0 N–H and O–H groups in total. The lowest BCUT2D eigenvalue weighted by Gasteiger charge is -2.04. The van der Waals surface area contributed by atoms with Gasteiger partial charge in [-0.05, 0) is 29.5 Å². The number of halogens is 3. The average molecular weight is 314 g/mol. The predicted molar refractivity (Wildman–Crippen MR) is 53.3 cm³/mol. The van der Waals surface area contributed by atoms with Crippen molar-refractivity contribution in [2.75, 3.05) is 0 Å². The third-order valence-electron chi connectivity index (χ3n) is 1.67. The van der Waals surface area contributed by atoms with E-state index in [1.807, 2.05) is 0 Å². The van der Waals surface area contributed by atoms with Gasteiger partial charge in [0.15, 0.2) is 0 Å². The fraction of sp³-hybridized carbons (Fsp3) is 0.286. The van der Waals surface area contributed by atoms with E-state index >= 15 is 0 Å². The minimum atomic E-state index is -2.71. The SMILES string of the molecule is Cc1c([N+](=O)[O-])cnc(C(F)F)c1I. The Bertz CT molecular complexity index is 384. The molecule has 1 heterocycles. The highest BCUT2D eigenvalue weighted by molar-refractivity contribution is 14.1. The van der Waals surface area contributed by atoms with Crippen LogP contribution in [0.3, 0.4) is 0 Å². The van der Waals surface area contributed by atoms with Gasteiger partial charge in [0, 0.05) is 5.56 Å². The summed E-state index contributed by atoms with van der Waals surface area (Å²) in [5.41, 5.74) is -0.423. The average Bonchev–Trinajstić information content (AvgIpc) is 2.08. The van der Waals surface area contributed by atoms with Gasteiger partial charge in [0.25, 0.3) is 12.1 Å². The van der Waals surface area contributed by atoms with Crippen molar-refractivity contribution < 1.29 is 13.7 Å². The molecule has 0 bridgehead atoms. The van der Waals surface area contributed by atoms with E-state index in [2.05, 4.69) is 4.98 Å². The number of nitrogens with zero attached hydrogens (tertiary/aromatic N) is 2. The topological polar surface area (TPSA) is 56.0 Å². The zero-order valence-electron chi connectivity index (χ0n) is 7.00. The maximum atomic E-state index is 12.3. The first kappa shape index (κ1) is 11.2. The van der Waals surface area contributed by atoms with Crippen LogP contribution < -0.4 is 0 Å². The third-order valence-corrected chi connectivity index (χ3v) is 3.03. The van der Waals surface area contributed by atoms with Crippen molar-refractivity contribution in [3.05, 3.63) is 31.1 Å². The van der Waals surface area contributed by atoms with Crippen molar-refractivity contribution in [1.82, 2.24) is 4.98 Å². The molecule has 4 nitrogen and oxygen atoms in total. The zero-order chi connectivity index (χ0) is 10.9. The molecular formula is C7H5F2IN2O2. The predicted octanol–water partition coefficient (Wildman–Crippen LogP) is 2.84. The highest BCUT2D eigenvalue weighted by Gasteiger charge is 2.21. The molecule has 1 rings (SSSR count). The van der Waals surface area contributed by atoms with Crippen molar-refractivity contribution >= 4 is 28.3 Å². The van der Waals surface area contributed by atoms with Gasteiger partial charge >= 0.3 is 0 Å². The summed E-state index contributed by atoms with van der Waals surface area (Å²) in [7, 11) is 0. The summed E-state index contributed by atoms with van der Waals surface area (Å²) >= 11 is 1.63. The Morgan fingerprint density at radius 1 is 1.64 bits per heavy atom. The van der Waals surface area contributed by atoms with Gasteiger partial charge in [-0.2, -0.15) is 0 Å². The van der Waals surface area contributed by atoms with E-state index in [-0.39, 0.29) is 14.8 Å². The van der Waals surface area contributed by atoms with E-state index in [0.29, 0.717) is 0 Å². The fourth-order valence-electron chi connectivity index (χ4n) is 0.925. The van der Waals surface area contributed by atoms with Crippen LogP contribution in [0, 0.1) is 20.6 Å². The van der Waals surface area contributed by atoms with Crippen molar-refractivity contribution in [1.29, 1.82) is 0 Å². The Balaban J connectivity index is 3.33. The summed E-state index contributed by atoms with van der Waals surface area (Å²) in [6.45, 7) is 1.42. The molecule has 0 saturated heterocycles. The molecule has 7 heteroatoms. The van der Waals surface area contributed by atoms with Crippen LogP contribution in [0.25, 0.3) is 0 Å². The first-order valence-electron chi connectivity index (χ1n) is 3.52. The summed E-state index contributed by atoms with van der Waals surface area (Å²) < 4.78 is 24.8. The quantitative estimate of drug-likeness (QED) is 0.479. The maximum absolute atomic E-state index is 12.3. The van der Waals surface area contributed by atoms with Crippen LogP contribution in [0.4, 0.5) is 14.5 Å². The molecule has 0 saturated carbocycles. The molecule has 76 valence electrons. The van der Waals surface area contributed by atoms with Gasteiger partial charge in [-0.15, -0.1) is 0 Å². The molecule has 0 fully saturated rings. The Kier molecular flexibility index (Phi) is 3.29. The minimum Gasteiger partial charge on any atom is -0.258 e. The maximum Gasteiger partial charge on any atom is 0.291 e. The van der Waals surface area contributed by atoms with Gasteiger partial charge in [-0.25, -0.2) is 13.8 Å². The molecule has 0 aliphatic carbocycles. The van der Waals surface area contributed by atoms with E-state index in [4.69, 9.17) is 0 Å². The summed E-state index contributed by atoms with van der Waals surface area (Å²) in [6.07, 6.45) is -1.85. The number of alkyl halides is 2. The molecule has 1 aromatic heterocycles. The van der Waals surface area contributed by atoms with E-state index in [9.17, 15) is 18.9 Å². The number of pyridine rings is 1. The van der Waals surface area contributed by atoms with Gasteiger partial charge < -0.3 is 0 Å². The number of nitro groups is 1. The fourth-order valence-corrected chi connectivity index (χ4v) is 1.58. The van der Waals surface area contributed by atoms with Crippen molar-refractivity contribution in [3.8, 4) is 0 Å². The van der Waals surface area contributed by atoms with E-state index < -0.39 is 17.0 Å². The summed E-state index contributed by atoms with van der Waals surface area (Å²) in [5, 5.41) is 10.4. The van der Waals surface area contributed by atoms with Crippen molar-refractivity contribution in [2.45, 2.75) is 13.3 Å². The molecule has 14 heavy (non-hydrogen) atoms. The molecule has 0 atom stereocenters. The number of hydrogen-bond acceptors (Lipinski definition) is 3. The molecule has 0 unspecified atom stereocenters. The first-order chi connectivity index (χ1) is 6.45. The molecule has 0 amide bonds. The smallest absolute Gasteiger partial charge is 0.258 e. The van der Waals surface area contributed by atoms with Crippen LogP contribution in [0.1, 0.15) is 17.7 Å². The molecule has 0 aliphatic heterocycles. The van der Waals surface area contributed by atoms with Gasteiger partial charge in [0.05, 0.1) is 8.49 Å². The van der Waals surface area contributed by atoms with Crippen LogP contribution in [0.15, 0.2) is 6.20 Å². The van der Waals surface area contributed by atoms with Gasteiger partial charge in [0.2, 0.25) is 0 Å². The Morgan fingerprint density at radius 3 is 2.64 bits per heavy atom. The van der Waals surface area contributed by atoms with Crippen LogP contribution in [0.5, 0.6) is 0 Å². The van der Waals surface area contributed by atoms with E-state index in [0.717, 1.165) is 6.20 Å². The Morgan fingerprint density at radius 2 is 2.21 bits per heavy atom. The summed E-state index contributed by atoms with van der Waals surface area (Å²) in [4.78, 5) is 13.2. The molecule has 0 aliphatic rings. The number of rotatable bonds is 2. The largest absolute Gasteiger partial charge is 0.291 e. The normalized spacial score (nSPS) is 10.6. The minimum absolute atomic E-state index is 0.145. The highest BCUT2D eigenvalue weighted by atomic mass is 127. The lowest BCUT2D eigenvalue weighted by atomic mass is 10.2. The lowest BCUT2D eigenvalue weighted by Crippen LogP contribution is -2.01. The second-order valence-corrected chi connectivity index (χ2v) is 3.60. The van der Waals surface area contributed by atoms with Gasteiger partial charge in [-0.1, -0.05) is 0 Å². The van der Waals surface area contributed by atoms with Crippen molar-refractivity contribution in [2.24, 2.45) is 0 Å². The third kappa shape index (κ3) is 1.97. The molecule has 0 aromatic carbocycles. The molecule has 0 radical (unpaired) electrons. The zero-order valence-corrected chi connectivity index (χ0v) is 9.16. The first-order valence-corrected chi connectivity index (χ1v) is 4.60. The number of aromatic nitrogens is 1. The molecular weight excluding hydrogens is 309 g/mol. The molecule has 1 aromatic rings. The lowest BCUT2D eigenvalue weighted by molar-refractivity contribution is -0.385. The molecule has 0 spiro atoms. The van der Waals surface area contributed by atoms with E-state index in [1.54, 1.807) is 22.6 Å². The van der Waals surface area contributed by atoms with Crippen LogP contribution in [-0.2, 0) is 0 Å². The van der Waals surface area contributed by atoms with E-state index in [1.165, 1.54) is 6.92 Å². The van der Waals surface area contributed by atoms with Gasteiger partial charge in [-0.3, -0.25) is 10.1 Å².